The van der Waals surface area contributed by atoms with Crippen molar-refractivity contribution in [3.8, 4) is 11.5 Å². The van der Waals surface area contributed by atoms with Gasteiger partial charge in [0.05, 0.1) is 0 Å². The fraction of sp³-hybridized carbons (Fsp3) is 0.222. The highest BCUT2D eigenvalue weighted by Gasteiger charge is 2.07. The first-order valence-corrected chi connectivity index (χ1v) is 4.06. The highest BCUT2D eigenvalue weighted by Crippen LogP contribution is 2.12. The summed E-state index contributed by atoms with van der Waals surface area (Å²) in [6, 6.07) is 5.74. The molecule has 0 saturated heterocycles. The molecule has 0 aliphatic carbocycles. The van der Waals surface area contributed by atoms with E-state index in [-0.39, 0.29) is 0 Å². The first-order chi connectivity index (χ1) is 6.29. The lowest BCUT2D eigenvalue weighted by Gasteiger charge is -1.99. The molecule has 66 valence electrons. The first-order valence-electron chi connectivity index (χ1n) is 4.06. The van der Waals surface area contributed by atoms with Crippen LogP contribution in [0.25, 0.3) is 11.5 Å². The third-order valence-corrected chi connectivity index (χ3v) is 1.99. The van der Waals surface area contributed by atoms with Gasteiger partial charge in [-0.2, -0.15) is 0 Å². The highest BCUT2D eigenvalue weighted by atomic mass is 15.3. The van der Waals surface area contributed by atoms with Crippen molar-refractivity contribution >= 4 is 0 Å². The highest BCUT2D eigenvalue weighted by molar-refractivity contribution is 5.48. The normalized spacial score (nSPS) is 10.3. The van der Waals surface area contributed by atoms with Crippen LogP contribution in [0.3, 0.4) is 0 Å². The molecule has 4 heteroatoms. The van der Waals surface area contributed by atoms with Crippen LogP contribution in [0.1, 0.15) is 5.82 Å². The van der Waals surface area contributed by atoms with Gasteiger partial charge in [0, 0.05) is 13.2 Å². The van der Waals surface area contributed by atoms with Crippen LogP contribution < -0.4 is 0 Å². The molecule has 2 aromatic rings. The topological polar surface area (TPSA) is 43.6 Å². The van der Waals surface area contributed by atoms with E-state index in [2.05, 4.69) is 15.2 Å². The second kappa shape index (κ2) is 2.97. The van der Waals surface area contributed by atoms with Crippen molar-refractivity contribution in [3.63, 3.8) is 0 Å². The van der Waals surface area contributed by atoms with Crippen molar-refractivity contribution in [1.29, 1.82) is 0 Å². The first kappa shape index (κ1) is 7.91. The number of rotatable bonds is 1. The van der Waals surface area contributed by atoms with Gasteiger partial charge in [0.2, 0.25) is 0 Å². The zero-order valence-electron chi connectivity index (χ0n) is 7.60. The Labute approximate surface area is 76.3 Å². The largest absolute Gasteiger partial charge is 0.313 e. The number of hydrogen-bond acceptors (Lipinski definition) is 3. The van der Waals surface area contributed by atoms with Gasteiger partial charge in [0.25, 0.3) is 0 Å². The van der Waals surface area contributed by atoms with Gasteiger partial charge in [-0.25, -0.2) is 0 Å². The van der Waals surface area contributed by atoms with Crippen LogP contribution in [0.5, 0.6) is 0 Å². The van der Waals surface area contributed by atoms with Crippen LogP contribution in [0.15, 0.2) is 24.4 Å². The molecular weight excluding hydrogens is 164 g/mol. The minimum absolute atomic E-state index is 0.804. The van der Waals surface area contributed by atoms with Gasteiger partial charge in [-0.05, 0) is 19.1 Å². The van der Waals surface area contributed by atoms with E-state index in [1.165, 1.54) is 0 Å². The third-order valence-electron chi connectivity index (χ3n) is 1.99. The summed E-state index contributed by atoms with van der Waals surface area (Å²) in [6.07, 6.45) is 1.75. The van der Waals surface area contributed by atoms with Crippen molar-refractivity contribution in [2.75, 3.05) is 0 Å². The minimum Gasteiger partial charge on any atom is -0.313 e. The number of hydrogen-bond donors (Lipinski definition) is 0. The lowest BCUT2D eigenvalue weighted by molar-refractivity contribution is 0.862. The number of pyridine rings is 1. The van der Waals surface area contributed by atoms with Crippen molar-refractivity contribution in [2.24, 2.45) is 7.05 Å². The van der Waals surface area contributed by atoms with Crippen LogP contribution in [0.4, 0.5) is 0 Å². The molecule has 2 aromatic heterocycles. The Morgan fingerprint density at radius 3 is 2.62 bits per heavy atom. The van der Waals surface area contributed by atoms with Gasteiger partial charge in [0.15, 0.2) is 5.82 Å². The van der Waals surface area contributed by atoms with Crippen molar-refractivity contribution in [3.05, 3.63) is 30.2 Å². The Balaban J connectivity index is 2.53. The predicted molar refractivity (Wildman–Crippen MR) is 49.0 cm³/mol. The molecule has 2 rings (SSSR count). The maximum atomic E-state index is 4.20. The zero-order chi connectivity index (χ0) is 9.26. The fourth-order valence-corrected chi connectivity index (χ4v) is 1.13. The molecule has 4 nitrogen and oxygen atoms in total. The van der Waals surface area contributed by atoms with Crippen LogP contribution in [-0.2, 0) is 7.05 Å². The molecule has 0 amide bonds. The number of aryl methyl sites for hydroxylation is 1. The molecule has 13 heavy (non-hydrogen) atoms. The van der Waals surface area contributed by atoms with E-state index in [9.17, 15) is 0 Å². The lowest BCUT2D eigenvalue weighted by atomic mass is 10.3. The van der Waals surface area contributed by atoms with Gasteiger partial charge >= 0.3 is 0 Å². The summed E-state index contributed by atoms with van der Waals surface area (Å²) < 4.78 is 1.92. The molecule has 0 saturated carbocycles. The zero-order valence-corrected chi connectivity index (χ0v) is 7.60. The van der Waals surface area contributed by atoms with Crippen LogP contribution >= 0.6 is 0 Å². The Bertz CT molecular complexity index is 405. The summed E-state index contributed by atoms with van der Waals surface area (Å²) >= 11 is 0. The molecule has 0 bridgehead atoms. The van der Waals surface area contributed by atoms with Gasteiger partial charge in [-0.15, -0.1) is 10.2 Å². The Morgan fingerprint density at radius 1 is 1.23 bits per heavy atom. The van der Waals surface area contributed by atoms with Crippen LogP contribution in [0.2, 0.25) is 0 Å². The van der Waals surface area contributed by atoms with E-state index in [0.29, 0.717) is 0 Å². The second-order valence-electron chi connectivity index (χ2n) is 2.84. The minimum atomic E-state index is 0.804. The van der Waals surface area contributed by atoms with Gasteiger partial charge in [-0.3, -0.25) is 4.98 Å². The van der Waals surface area contributed by atoms with Gasteiger partial charge in [0.1, 0.15) is 11.5 Å². The quantitative estimate of drug-likeness (QED) is 0.652. The van der Waals surface area contributed by atoms with Crippen molar-refractivity contribution < 1.29 is 0 Å². The molecule has 0 atom stereocenters. The molecule has 0 unspecified atom stereocenters. The standard InChI is InChI=1S/C9H10N4/c1-7-11-12-9(13(7)2)8-5-3-4-6-10-8/h3-6H,1-2H3. The Morgan fingerprint density at radius 2 is 2.08 bits per heavy atom. The number of aromatic nitrogens is 4. The summed E-state index contributed by atoms with van der Waals surface area (Å²) in [5.41, 5.74) is 0.852. The SMILES string of the molecule is Cc1nnc(-c2ccccn2)n1C. The van der Waals surface area contributed by atoms with Gasteiger partial charge < -0.3 is 4.57 Å². The molecule has 2 heterocycles. The van der Waals surface area contributed by atoms with Crippen LogP contribution in [-0.4, -0.2) is 19.7 Å². The molecule has 0 aliphatic heterocycles. The second-order valence-corrected chi connectivity index (χ2v) is 2.84. The maximum absolute atomic E-state index is 4.20. The molecule has 0 aromatic carbocycles. The number of nitrogens with zero attached hydrogens (tertiary/aromatic N) is 4. The maximum Gasteiger partial charge on any atom is 0.182 e. The Kier molecular flexibility index (Phi) is 1.81. The monoisotopic (exact) mass is 174 g/mol. The molecular formula is C9H10N4. The summed E-state index contributed by atoms with van der Waals surface area (Å²) in [5, 5.41) is 8.00. The summed E-state index contributed by atoms with van der Waals surface area (Å²) in [7, 11) is 1.93. The van der Waals surface area contributed by atoms with E-state index in [1.807, 2.05) is 36.7 Å². The molecule has 0 N–H and O–H groups in total. The lowest BCUT2D eigenvalue weighted by Crippen LogP contribution is -1.95. The Hall–Kier alpha value is -1.71. The van der Waals surface area contributed by atoms with Crippen molar-refractivity contribution in [1.82, 2.24) is 19.7 Å². The fourth-order valence-electron chi connectivity index (χ4n) is 1.13. The van der Waals surface area contributed by atoms with E-state index in [4.69, 9.17) is 0 Å². The summed E-state index contributed by atoms with van der Waals surface area (Å²) in [4.78, 5) is 4.20. The van der Waals surface area contributed by atoms with E-state index < -0.39 is 0 Å². The third kappa shape index (κ3) is 1.30. The van der Waals surface area contributed by atoms with E-state index in [0.717, 1.165) is 17.3 Å². The summed E-state index contributed by atoms with van der Waals surface area (Å²) in [6.45, 7) is 1.92. The molecule has 0 spiro atoms. The van der Waals surface area contributed by atoms with Gasteiger partial charge in [-0.1, -0.05) is 6.07 Å². The predicted octanol–water partition coefficient (Wildman–Crippen LogP) is 1.19. The van der Waals surface area contributed by atoms with Crippen molar-refractivity contribution in [2.45, 2.75) is 6.92 Å². The van der Waals surface area contributed by atoms with E-state index in [1.54, 1.807) is 6.20 Å². The van der Waals surface area contributed by atoms with E-state index >= 15 is 0 Å². The molecule has 0 radical (unpaired) electrons. The summed E-state index contributed by atoms with van der Waals surface area (Å²) in [5.74, 6) is 1.69. The molecule has 0 fully saturated rings. The molecule has 0 aliphatic rings. The average molecular weight is 174 g/mol. The average Bonchev–Trinajstić information content (AvgIpc) is 2.49. The van der Waals surface area contributed by atoms with Crippen LogP contribution in [0, 0.1) is 6.92 Å². The smallest absolute Gasteiger partial charge is 0.182 e.